The van der Waals surface area contributed by atoms with Crippen molar-refractivity contribution in [3.05, 3.63) is 41.5 Å². The molecule has 0 unspecified atom stereocenters. The van der Waals surface area contributed by atoms with Gasteiger partial charge in [0.1, 0.15) is 5.75 Å². The van der Waals surface area contributed by atoms with Crippen molar-refractivity contribution in [1.29, 1.82) is 0 Å². The van der Waals surface area contributed by atoms with Crippen LogP contribution in [0.5, 0.6) is 5.75 Å². The fraction of sp³-hybridized carbons (Fsp3) is 0.526. The smallest absolute Gasteiger partial charge is 0.254 e. The molecule has 0 radical (unpaired) electrons. The van der Waals surface area contributed by atoms with Crippen LogP contribution in [0.25, 0.3) is 0 Å². The summed E-state index contributed by atoms with van der Waals surface area (Å²) in [5, 5.41) is 3.99. The van der Waals surface area contributed by atoms with E-state index < -0.39 is 0 Å². The van der Waals surface area contributed by atoms with E-state index in [9.17, 15) is 4.79 Å². The Morgan fingerprint density at radius 1 is 1.24 bits per heavy atom. The van der Waals surface area contributed by atoms with E-state index in [4.69, 9.17) is 9.26 Å². The normalized spacial score (nSPS) is 21.0. The molecular formula is C19H23N3O3. The van der Waals surface area contributed by atoms with Crippen molar-refractivity contribution in [3.63, 3.8) is 0 Å². The van der Waals surface area contributed by atoms with E-state index in [1.807, 2.05) is 23.1 Å². The number of hydrogen-bond donors (Lipinski definition) is 0. The number of ether oxygens (including phenoxy) is 1. The SMILES string of the molecule is COc1ccc(C(=O)N2CCCCC[C@@H]2c2ncon2)cc1C1CC1. The third kappa shape index (κ3) is 3.25. The third-order valence-electron chi connectivity index (χ3n) is 5.18. The zero-order valence-corrected chi connectivity index (χ0v) is 14.5. The summed E-state index contributed by atoms with van der Waals surface area (Å²) in [5.74, 6) is 2.05. The molecule has 4 rings (SSSR count). The summed E-state index contributed by atoms with van der Waals surface area (Å²) in [6, 6.07) is 5.69. The largest absolute Gasteiger partial charge is 0.496 e. The van der Waals surface area contributed by atoms with Crippen LogP contribution in [0, 0.1) is 0 Å². The van der Waals surface area contributed by atoms with Gasteiger partial charge in [0.15, 0.2) is 5.82 Å². The molecule has 0 N–H and O–H groups in total. The average Bonchev–Trinajstić information content (AvgIpc) is 3.41. The molecule has 1 atom stereocenters. The van der Waals surface area contributed by atoms with E-state index in [1.54, 1.807) is 7.11 Å². The van der Waals surface area contributed by atoms with Crippen LogP contribution in [0.15, 0.2) is 29.1 Å². The first kappa shape index (κ1) is 16.1. The Balaban J connectivity index is 1.64. The second kappa shape index (κ2) is 6.86. The van der Waals surface area contributed by atoms with Crippen molar-refractivity contribution in [3.8, 4) is 5.75 Å². The van der Waals surface area contributed by atoms with E-state index in [1.165, 1.54) is 19.2 Å². The van der Waals surface area contributed by atoms with Gasteiger partial charge in [-0.3, -0.25) is 4.79 Å². The minimum atomic E-state index is -0.111. The molecule has 1 aliphatic heterocycles. The van der Waals surface area contributed by atoms with Crippen LogP contribution in [-0.4, -0.2) is 34.6 Å². The molecule has 1 aliphatic carbocycles. The predicted molar refractivity (Wildman–Crippen MR) is 91.5 cm³/mol. The van der Waals surface area contributed by atoms with Gasteiger partial charge in [-0.05, 0) is 55.4 Å². The van der Waals surface area contributed by atoms with Crippen molar-refractivity contribution in [2.45, 2.75) is 50.5 Å². The standard InChI is InChI=1S/C19H23N3O3/c1-24-17-9-8-14(11-15(17)13-6-7-13)19(23)22-10-4-2-3-5-16(22)18-20-12-25-21-18/h8-9,11-13,16H,2-7,10H2,1H3/t16-/m1/s1. The quantitative estimate of drug-likeness (QED) is 0.848. The molecule has 6 nitrogen and oxygen atoms in total. The van der Waals surface area contributed by atoms with Crippen LogP contribution in [0.3, 0.4) is 0 Å². The fourth-order valence-corrected chi connectivity index (χ4v) is 3.69. The van der Waals surface area contributed by atoms with Gasteiger partial charge in [-0.15, -0.1) is 0 Å². The zero-order valence-electron chi connectivity index (χ0n) is 14.5. The number of likely N-dealkylation sites (tertiary alicyclic amines) is 1. The van der Waals surface area contributed by atoms with Gasteiger partial charge in [-0.25, -0.2) is 0 Å². The molecule has 132 valence electrons. The van der Waals surface area contributed by atoms with Crippen LogP contribution < -0.4 is 4.74 Å². The van der Waals surface area contributed by atoms with E-state index in [0.29, 0.717) is 11.7 Å². The van der Waals surface area contributed by atoms with Gasteiger partial charge in [0.25, 0.3) is 5.91 Å². The van der Waals surface area contributed by atoms with E-state index >= 15 is 0 Å². The third-order valence-corrected chi connectivity index (χ3v) is 5.18. The summed E-state index contributed by atoms with van der Waals surface area (Å²) in [7, 11) is 1.68. The lowest BCUT2D eigenvalue weighted by Gasteiger charge is -2.28. The summed E-state index contributed by atoms with van der Waals surface area (Å²) < 4.78 is 10.4. The fourth-order valence-electron chi connectivity index (χ4n) is 3.69. The highest BCUT2D eigenvalue weighted by Gasteiger charge is 2.32. The van der Waals surface area contributed by atoms with E-state index in [-0.39, 0.29) is 11.9 Å². The summed E-state index contributed by atoms with van der Waals surface area (Å²) in [6.07, 6.45) is 7.74. The summed E-state index contributed by atoms with van der Waals surface area (Å²) in [4.78, 5) is 19.4. The number of amides is 1. The molecular weight excluding hydrogens is 318 g/mol. The lowest BCUT2D eigenvalue weighted by Crippen LogP contribution is -2.35. The highest BCUT2D eigenvalue weighted by atomic mass is 16.5. The van der Waals surface area contributed by atoms with Gasteiger partial charge in [-0.2, -0.15) is 4.98 Å². The molecule has 2 heterocycles. The number of nitrogens with zero attached hydrogens (tertiary/aromatic N) is 3. The lowest BCUT2D eigenvalue weighted by atomic mass is 10.0. The minimum Gasteiger partial charge on any atom is -0.496 e. The zero-order chi connectivity index (χ0) is 17.2. The molecule has 0 spiro atoms. The van der Waals surface area contributed by atoms with Gasteiger partial charge < -0.3 is 14.2 Å². The van der Waals surface area contributed by atoms with Gasteiger partial charge in [-0.1, -0.05) is 18.0 Å². The molecule has 0 bridgehead atoms. The summed E-state index contributed by atoms with van der Waals surface area (Å²) >= 11 is 0. The highest BCUT2D eigenvalue weighted by Crippen LogP contribution is 2.44. The van der Waals surface area contributed by atoms with Crippen molar-refractivity contribution in [2.24, 2.45) is 0 Å². The first-order chi connectivity index (χ1) is 12.3. The van der Waals surface area contributed by atoms with Crippen LogP contribution in [0.1, 0.15) is 72.2 Å². The van der Waals surface area contributed by atoms with Crippen molar-refractivity contribution in [1.82, 2.24) is 15.0 Å². The second-order valence-electron chi connectivity index (χ2n) is 6.88. The second-order valence-corrected chi connectivity index (χ2v) is 6.88. The lowest BCUT2D eigenvalue weighted by molar-refractivity contribution is 0.0670. The molecule has 2 fully saturated rings. The Morgan fingerprint density at radius 3 is 2.84 bits per heavy atom. The molecule has 1 aromatic carbocycles. The monoisotopic (exact) mass is 341 g/mol. The number of carbonyl (C=O) groups is 1. The van der Waals surface area contributed by atoms with Gasteiger partial charge >= 0.3 is 0 Å². The Labute approximate surface area is 147 Å². The molecule has 25 heavy (non-hydrogen) atoms. The number of aromatic nitrogens is 2. The molecule has 6 heteroatoms. The Kier molecular flexibility index (Phi) is 4.42. The highest BCUT2D eigenvalue weighted by molar-refractivity contribution is 5.95. The van der Waals surface area contributed by atoms with E-state index in [2.05, 4.69) is 10.1 Å². The van der Waals surface area contributed by atoms with Crippen LogP contribution >= 0.6 is 0 Å². The maximum Gasteiger partial charge on any atom is 0.254 e. The van der Waals surface area contributed by atoms with Gasteiger partial charge in [0.2, 0.25) is 6.39 Å². The van der Waals surface area contributed by atoms with Crippen LogP contribution in [0.4, 0.5) is 0 Å². The van der Waals surface area contributed by atoms with Gasteiger partial charge in [0, 0.05) is 12.1 Å². The first-order valence-electron chi connectivity index (χ1n) is 9.03. The summed E-state index contributed by atoms with van der Waals surface area (Å²) in [6.45, 7) is 0.725. The molecule has 2 aliphatic rings. The first-order valence-corrected chi connectivity index (χ1v) is 9.03. The number of rotatable bonds is 4. The number of methoxy groups -OCH3 is 1. The molecule has 2 aromatic rings. The topological polar surface area (TPSA) is 68.5 Å². The Bertz CT molecular complexity index is 740. The average molecular weight is 341 g/mol. The van der Waals surface area contributed by atoms with Crippen molar-refractivity contribution >= 4 is 5.91 Å². The van der Waals surface area contributed by atoms with Crippen LogP contribution in [0.2, 0.25) is 0 Å². The number of benzene rings is 1. The van der Waals surface area contributed by atoms with Crippen molar-refractivity contribution < 1.29 is 14.1 Å². The molecule has 1 saturated carbocycles. The number of hydrogen-bond acceptors (Lipinski definition) is 5. The van der Waals surface area contributed by atoms with Gasteiger partial charge in [0.05, 0.1) is 13.2 Å². The van der Waals surface area contributed by atoms with Crippen molar-refractivity contribution in [2.75, 3.05) is 13.7 Å². The molecule has 1 aromatic heterocycles. The Morgan fingerprint density at radius 2 is 2.12 bits per heavy atom. The maximum atomic E-state index is 13.3. The maximum absolute atomic E-state index is 13.3. The summed E-state index contributed by atoms with van der Waals surface area (Å²) in [5.41, 5.74) is 1.87. The molecule has 1 saturated heterocycles. The van der Waals surface area contributed by atoms with E-state index in [0.717, 1.165) is 49.1 Å². The number of carbonyl (C=O) groups excluding carboxylic acids is 1. The van der Waals surface area contributed by atoms with Crippen LogP contribution in [-0.2, 0) is 0 Å². The minimum absolute atomic E-state index is 0.0428. The predicted octanol–water partition coefficient (Wildman–Crippen LogP) is 3.71. The molecule has 1 amide bonds. The Hall–Kier alpha value is -2.37.